The predicted octanol–water partition coefficient (Wildman–Crippen LogP) is -3.40. The summed E-state index contributed by atoms with van der Waals surface area (Å²) >= 11 is 0. The zero-order chi connectivity index (χ0) is 45.3. The molecule has 20 nitrogen and oxygen atoms in total. The molecule has 0 radical (unpaired) electrons. The van der Waals surface area contributed by atoms with E-state index in [4.69, 9.17) is 0 Å². The molecule has 2 heterocycles. The molecule has 4 unspecified atom stereocenters. The van der Waals surface area contributed by atoms with E-state index in [0.29, 0.717) is 32.2 Å². The maximum atomic E-state index is 14.5. The van der Waals surface area contributed by atoms with Gasteiger partial charge in [-0.1, -0.05) is 6.07 Å². The van der Waals surface area contributed by atoms with Crippen LogP contribution in [-0.2, 0) is 22.9 Å². The molecule has 326 valence electrons. The third kappa shape index (κ3) is 6.55. The summed E-state index contributed by atoms with van der Waals surface area (Å²) in [7, 11) is 0.414. The van der Waals surface area contributed by atoms with Gasteiger partial charge in [-0.2, -0.15) is 31.2 Å². The second-order valence-electron chi connectivity index (χ2n) is 14.1. The molecule has 2 aliphatic rings. The van der Waals surface area contributed by atoms with Crippen LogP contribution in [-0.4, -0.2) is 157 Å². The van der Waals surface area contributed by atoms with Crippen molar-refractivity contribution in [3.63, 3.8) is 0 Å². The van der Waals surface area contributed by atoms with E-state index >= 15 is 0 Å². The molecule has 0 aliphatic carbocycles. The van der Waals surface area contributed by atoms with Gasteiger partial charge in [0.15, 0.2) is 11.4 Å². The number of piperazine rings is 1. The molecule has 27 heteroatoms. The molecule has 2 saturated heterocycles. The Morgan fingerprint density at radius 2 is 1.14 bits per heavy atom. The number of alkyl halides is 6. The molecule has 2 aromatic carbocycles. The lowest BCUT2D eigenvalue weighted by atomic mass is 9.73. The first kappa shape index (κ1) is 46.8. The van der Waals surface area contributed by atoms with Crippen molar-refractivity contribution < 1.29 is 112 Å². The van der Waals surface area contributed by atoms with Gasteiger partial charge < -0.3 is 71.5 Å². The Morgan fingerprint density at radius 1 is 0.724 bits per heavy atom. The van der Waals surface area contributed by atoms with Gasteiger partial charge in [-0.15, -0.1) is 0 Å². The van der Waals surface area contributed by atoms with Crippen LogP contribution < -0.4 is 0 Å². The number of aliphatic hydroxyl groups is 14. The highest BCUT2D eigenvalue weighted by atomic mass is 19.4. The Balaban J connectivity index is 2.08. The van der Waals surface area contributed by atoms with E-state index in [1.165, 1.54) is 0 Å². The van der Waals surface area contributed by atoms with E-state index in [1.54, 1.807) is 0 Å². The minimum absolute atomic E-state index is 0.0489. The second kappa shape index (κ2) is 13.3. The first-order valence-corrected chi connectivity index (χ1v) is 16.0. The number of likely N-dealkylation sites (tertiary alicyclic amines) is 1. The molecule has 2 fully saturated rings. The lowest BCUT2D eigenvalue weighted by Gasteiger charge is -2.68. The maximum absolute atomic E-state index is 14.5. The van der Waals surface area contributed by atoms with Crippen molar-refractivity contribution in [3.05, 3.63) is 70.0 Å². The van der Waals surface area contributed by atoms with Crippen molar-refractivity contribution in [2.45, 2.75) is 98.8 Å². The maximum Gasteiger partial charge on any atom is 0.416 e. The minimum Gasteiger partial charge on any atom is -0.367 e. The Hall–Kier alpha value is -3.91. The van der Waals surface area contributed by atoms with E-state index in [1.807, 2.05) is 0 Å². The number of carbonyl (C=O) groups excluding carboxylic acids is 2. The van der Waals surface area contributed by atoms with E-state index in [2.05, 4.69) is 0 Å². The molecule has 0 spiro atoms. The number of piperidine rings is 1. The van der Waals surface area contributed by atoms with E-state index < -0.39 is 131 Å². The molecule has 0 saturated carbocycles. The molecule has 0 bridgehead atoms. The van der Waals surface area contributed by atoms with Crippen LogP contribution in [0.15, 0.2) is 36.4 Å². The van der Waals surface area contributed by atoms with Crippen LogP contribution in [0.2, 0.25) is 0 Å². The van der Waals surface area contributed by atoms with Gasteiger partial charge in [0.25, 0.3) is 0 Å². The lowest BCUT2D eigenvalue weighted by Crippen LogP contribution is -2.96. The van der Waals surface area contributed by atoms with E-state index in [9.17, 15) is 112 Å². The summed E-state index contributed by atoms with van der Waals surface area (Å²) in [5, 5.41) is 157. The molecule has 0 aromatic heterocycles. The summed E-state index contributed by atoms with van der Waals surface area (Å²) in [6, 6.07) is -8.30. The van der Waals surface area contributed by atoms with Crippen molar-refractivity contribution in [2.75, 3.05) is 7.05 Å². The van der Waals surface area contributed by atoms with Gasteiger partial charge in [-0.3, -0.25) is 14.6 Å². The number of benzene rings is 2. The van der Waals surface area contributed by atoms with Crippen LogP contribution >= 0.6 is 0 Å². The summed E-state index contributed by atoms with van der Waals surface area (Å²) < 4.78 is 96.8. The Morgan fingerprint density at radius 3 is 1.52 bits per heavy atom. The zero-order valence-electron chi connectivity index (χ0n) is 30.1. The van der Waals surface area contributed by atoms with E-state index in [-0.39, 0.29) is 36.9 Å². The third-order valence-corrected chi connectivity index (χ3v) is 10.2. The average Bonchev–Trinajstić information content (AvgIpc) is 3.02. The number of hydrogen-bond donors (Lipinski definition) is 14. The Kier molecular flexibility index (Phi) is 10.7. The quantitative estimate of drug-likeness (QED) is 0.105. The van der Waals surface area contributed by atoms with Gasteiger partial charge in [0.1, 0.15) is 17.9 Å². The summed E-state index contributed by atoms with van der Waals surface area (Å²) in [6.45, 7) is 1.69. The molecule has 2 aromatic rings. The molecule has 4 rings (SSSR count). The van der Waals surface area contributed by atoms with E-state index in [0.717, 1.165) is 6.92 Å². The second-order valence-corrected chi connectivity index (χ2v) is 14.1. The predicted molar refractivity (Wildman–Crippen MR) is 167 cm³/mol. The van der Waals surface area contributed by atoms with Gasteiger partial charge in [0.05, 0.1) is 11.1 Å². The van der Waals surface area contributed by atoms with Crippen LogP contribution in [0.1, 0.15) is 54.6 Å². The lowest BCUT2D eigenvalue weighted by molar-refractivity contribution is -0.619. The molecule has 2 aliphatic heterocycles. The minimum atomic E-state index is -5.52. The van der Waals surface area contributed by atoms with Gasteiger partial charge in [-0.25, -0.2) is 14.1 Å². The number of aryl methyl sites for hydroxylation is 1. The fourth-order valence-electron chi connectivity index (χ4n) is 6.93. The smallest absolute Gasteiger partial charge is 0.367 e. The van der Waals surface area contributed by atoms with Crippen LogP contribution in [0.25, 0.3) is 0 Å². The topological polar surface area (TPSA) is 330 Å². The molecule has 3 amide bonds. The Bertz CT molecular complexity index is 1930. The monoisotopic (exact) mass is 854 g/mol. The third-order valence-electron chi connectivity index (χ3n) is 10.2. The number of amides is 3. The number of urea groups is 1. The largest absolute Gasteiger partial charge is 0.416 e. The highest BCUT2D eigenvalue weighted by Gasteiger charge is 2.85. The fourth-order valence-corrected chi connectivity index (χ4v) is 6.93. The first-order valence-electron chi connectivity index (χ1n) is 16.0. The molecular weight excluding hydrogens is 817 g/mol. The molecule has 4 atom stereocenters. The van der Waals surface area contributed by atoms with Crippen molar-refractivity contribution >= 4 is 11.9 Å². The van der Waals surface area contributed by atoms with Crippen LogP contribution in [0.3, 0.4) is 0 Å². The number of rotatable bonds is 4. The average molecular weight is 855 g/mol. The molecule has 58 heavy (non-hydrogen) atoms. The highest BCUT2D eigenvalue weighted by molar-refractivity contribution is 5.77. The van der Waals surface area contributed by atoms with Gasteiger partial charge >= 0.3 is 42.0 Å². The summed E-state index contributed by atoms with van der Waals surface area (Å²) in [6.07, 6.45) is -11.0. The standard InChI is InChI=1S/C31H37F7N4O16/c1-12-8-17(32)6-7-18(12)19-24(47,48)20(42-30(55,56)28(51,52)41(13(2)43)29(53,54)31(42,57)58)25(49,50)23(4,46)40(19)21(44)39(5)22(3,45)14-9-15(26(33,34)35)11-16(10-14)27(36,37)38/h6-11,19-20,45-58H,1-5H3. The number of halogens is 7. The first-order chi connectivity index (χ1) is 25.6. The van der Waals surface area contributed by atoms with Gasteiger partial charge in [0.2, 0.25) is 17.5 Å². The normalized spacial score (nSPS) is 27.5. The fraction of sp³-hybridized carbons (Fsp3) is 0.548. The number of nitrogens with zero attached hydrogens (tertiary/aromatic N) is 4. The number of hydrogen-bond acceptors (Lipinski definition) is 17. The van der Waals surface area contributed by atoms with Crippen LogP contribution in [0.4, 0.5) is 35.5 Å². The SMILES string of the molecule is CC(=O)N1C(O)(O)C(O)(O)N(C2C(O)(O)C(c3ccc(F)cc3C)N(C(=O)N(C)C(C)(O)c3cc(C(F)(F)F)cc(C(F)(F)F)c3)C(C)(O)C2(O)O)C(O)(O)C1(O)O. The van der Waals surface area contributed by atoms with Crippen LogP contribution in [0, 0.1) is 12.7 Å². The molecular formula is C31H37F7N4O16. The summed E-state index contributed by atoms with van der Waals surface area (Å²) in [5.74, 6) is -33.2. The van der Waals surface area contributed by atoms with Crippen molar-refractivity contribution in [1.29, 1.82) is 0 Å². The van der Waals surface area contributed by atoms with Crippen molar-refractivity contribution in [1.82, 2.24) is 19.6 Å². The van der Waals surface area contributed by atoms with Crippen LogP contribution in [0.5, 0.6) is 0 Å². The Labute approximate surface area is 319 Å². The van der Waals surface area contributed by atoms with Gasteiger partial charge in [-0.05, 0) is 62.2 Å². The summed E-state index contributed by atoms with van der Waals surface area (Å²) in [4.78, 5) is 23.3. The van der Waals surface area contributed by atoms with Crippen molar-refractivity contribution in [3.8, 4) is 0 Å². The van der Waals surface area contributed by atoms with Crippen molar-refractivity contribution in [2.24, 2.45) is 0 Å². The zero-order valence-corrected chi connectivity index (χ0v) is 30.1. The molecule has 14 N–H and O–H groups in total. The summed E-state index contributed by atoms with van der Waals surface area (Å²) in [5.41, 5.74) is -14.4. The number of carbonyl (C=O) groups is 2. The highest BCUT2D eigenvalue weighted by Crippen LogP contribution is 2.56. The van der Waals surface area contributed by atoms with Gasteiger partial charge in [0, 0.05) is 19.5 Å².